The van der Waals surface area contributed by atoms with Crippen molar-refractivity contribution in [1.29, 1.82) is 0 Å². The second kappa shape index (κ2) is 29.1. The van der Waals surface area contributed by atoms with Gasteiger partial charge in [-0.15, -0.1) is 0 Å². The fourth-order valence-corrected chi connectivity index (χ4v) is 7.27. The van der Waals surface area contributed by atoms with Gasteiger partial charge in [0, 0.05) is 0 Å². The molecule has 0 saturated heterocycles. The Kier molecular flexibility index (Phi) is 25.7. The number of benzene rings is 2. The minimum Gasteiger partial charge on any atom is -0.0654 e. The van der Waals surface area contributed by atoms with E-state index in [1.165, 1.54) is 216 Å². The third-order valence-corrected chi connectivity index (χ3v) is 10.2. The largest absolute Gasteiger partial charge is 0.0654 e. The molecule has 0 spiro atoms. The summed E-state index contributed by atoms with van der Waals surface area (Å²) in [5.74, 6) is 0. The molecule has 0 aromatic heterocycles. The van der Waals surface area contributed by atoms with Crippen molar-refractivity contribution in [2.45, 2.75) is 219 Å². The van der Waals surface area contributed by atoms with Gasteiger partial charge in [0.05, 0.1) is 0 Å². The maximum atomic E-state index is 2.46. The highest BCUT2D eigenvalue weighted by Crippen LogP contribution is 2.27. The highest BCUT2D eigenvalue weighted by atomic mass is 14.1. The molecule has 0 aliphatic rings. The van der Waals surface area contributed by atoms with Crippen LogP contribution in [0.4, 0.5) is 0 Å². The molecule has 0 radical (unpaired) electrons. The van der Waals surface area contributed by atoms with Crippen molar-refractivity contribution in [1.82, 2.24) is 0 Å². The van der Waals surface area contributed by atoms with E-state index in [0.29, 0.717) is 0 Å². The number of unbranched alkanes of at least 4 members (excludes halogenated alkanes) is 28. The Balaban J connectivity index is 1.52. The van der Waals surface area contributed by atoms with E-state index in [1.807, 2.05) is 0 Å². The van der Waals surface area contributed by atoms with Crippen LogP contribution in [0.5, 0.6) is 0 Å². The molecule has 2 aromatic carbocycles. The van der Waals surface area contributed by atoms with E-state index in [1.54, 1.807) is 11.1 Å². The van der Waals surface area contributed by atoms with Gasteiger partial charge in [0.15, 0.2) is 0 Å². The highest BCUT2D eigenvalue weighted by molar-refractivity contribution is 5.86. The molecular weight excluding hydrogens is 528 g/mol. The minimum atomic E-state index is 1.27. The molecule has 0 amide bonds. The summed E-state index contributed by atoms with van der Waals surface area (Å²) < 4.78 is 0. The van der Waals surface area contributed by atoms with E-state index in [4.69, 9.17) is 0 Å². The van der Waals surface area contributed by atoms with Crippen LogP contribution in [0.2, 0.25) is 0 Å². The van der Waals surface area contributed by atoms with Crippen molar-refractivity contribution in [3.8, 4) is 0 Å². The normalized spacial score (nSPS) is 11.6. The Morgan fingerprint density at radius 2 is 0.659 bits per heavy atom. The van der Waals surface area contributed by atoms with Crippen LogP contribution in [0.1, 0.15) is 218 Å². The second-order valence-electron chi connectivity index (χ2n) is 14.3. The summed E-state index contributed by atoms with van der Waals surface area (Å²) in [7, 11) is 0. The van der Waals surface area contributed by atoms with E-state index in [9.17, 15) is 0 Å². The number of rotatable bonds is 32. The molecule has 0 heterocycles. The average Bonchev–Trinajstić information content (AvgIpc) is 3.05. The van der Waals surface area contributed by atoms with Gasteiger partial charge in [0.1, 0.15) is 0 Å². The maximum absolute atomic E-state index is 2.46. The molecule has 2 rings (SSSR count). The van der Waals surface area contributed by atoms with E-state index >= 15 is 0 Å². The summed E-state index contributed by atoms with van der Waals surface area (Å²) in [6, 6.07) is 14.0. The molecule has 0 N–H and O–H groups in total. The van der Waals surface area contributed by atoms with Crippen LogP contribution >= 0.6 is 0 Å². The molecule has 44 heavy (non-hydrogen) atoms. The molecule has 0 aliphatic carbocycles. The van der Waals surface area contributed by atoms with Crippen LogP contribution < -0.4 is 0 Å². The van der Waals surface area contributed by atoms with E-state index < -0.39 is 0 Å². The van der Waals surface area contributed by atoms with E-state index in [0.717, 1.165) is 0 Å². The van der Waals surface area contributed by atoms with Crippen LogP contribution in [0.25, 0.3) is 10.8 Å². The van der Waals surface area contributed by atoms with Crippen LogP contribution in [0, 0.1) is 0 Å². The number of hydrogen-bond donors (Lipinski definition) is 0. The van der Waals surface area contributed by atoms with E-state index in [-0.39, 0.29) is 0 Å². The molecular formula is C44H76. The maximum Gasteiger partial charge on any atom is -0.0149 e. The zero-order chi connectivity index (χ0) is 31.2. The van der Waals surface area contributed by atoms with Crippen molar-refractivity contribution in [3.05, 3.63) is 47.5 Å². The van der Waals surface area contributed by atoms with Gasteiger partial charge in [-0.3, -0.25) is 0 Å². The Morgan fingerprint density at radius 3 is 1.07 bits per heavy atom. The average molecular weight is 605 g/mol. The van der Waals surface area contributed by atoms with Gasteiger partial charge in [0.25, 0.3) is 0 Å². The van der Waals surface area contributed by atoms with Crippen molar-refractivity contribution in [3.63, 3.8) is 0 Å². The molecule has 0 bridgehead atoms. The van der Waals surface area contributed by atoms with Gasteiger partial charge >= 0.3 is 0 Å². The van der Waals surface area contributed by atoms with Crippen LogP contribution in [0.3, 0.4) is 0 Å². The lowest BCUT2D eigenvalue weighted by molar-refractivity contribution is 0.531. The first-order valence-electron chi connectivity index (χ1n) is 20.4. The molecule has 0 unspecified atom stereocenters. The van der Waals surface area contributed by atoms with Crippen LogP contribution in [-0.2, 0) is 12.8 Å². The zero-order valence-electron chi connectivity index (χ0n) is 30.1. The van der Waals surface area contributed by atoms with Gasteiger partial charge in [-0.25, -0.2) is 0 Å². The van der Waals surface area contributed by atoms with Gasteiger partial charge in [-0.05, 0) is 47.6 Å². The van der Waals surface area contributed by atoms with Gasteiger partial charge in [-0.1, -0.05) is 230 Å². The Morgan fingerprint density at radius 1 is 0.318 bits per heavy atom. The van der Waals surface area contributed by atoms with Crippen LogP contribution in [-0.4, -0.2) is 0 Å². The van der Waals surface area contributed by atoms with Gasteiger partial charge < -0.3 is 0 Å². The summed E-state index contributed by atoms with van der Waals surface area (Å²) in [6.07, 6.45) is 45.8. The summed E-state index contributed by atoms with van der Waals surface area (Å²) in [5.41, 5.74) is 3.31. The number of hydrogen-bond acceptors (Lipinski definition) is 0. The first-order valence-corrected chi connectivity index (χ1v) is 20.4. The summed E-state index contributed by atoms with van der Waals surface area (Å²) >= 11 is 0. The quantitative estimate of drug-likeness (QED) is 0.0729. The Bertz CT molecular complexity index is 879. The predicted octanol–water partition coefficient (Wildman–Crippen LogP) is 15.7. The minimum absolute atomic E-state index is 1.27. The zero-order valence-corrected chi connectivity index (χ0v) is 30.1. The smallest absolute Gasteiger partial charge is 0.0149 e. The summed E-state index contributed by atoms with van der Waals surface area (Å²) in [4.78, 5) is 0. The number of aryl methyl sites for hydroxylation is 2. The van der Waals surface area contributed by atoms with Crippen molar-refractivity contribution in [2.24, 2.45) is 0 Å². The van der Waals surface area contributed by atoms with Crippen LogP contribution in [0.15, 0.2) is 36.4 Å². The van der Waals surface area contributed by atoms with Crippen molar-refractivity contribution >= 4 is 10.8 Å². The lowest BCUT2D eigenvalue weighted by atomic mass is 9.91. The molecule has 0 nitrogen and oxygen atoms in total. The molecule has 0 fully saturated rings. The van der Waals surface area contributed by atoms with Crippen molar-refractivity contribution < 1.29 is 0 Å². The summed E-state index contributed by atoms with van der Waals surface area (Å²) in [5, 5.41) is 2.96. The lowest BCUT2D eigenvalue weighted by Gasteiger charge is -2.14. The Hall–Kier alpha value is -1.30. The lowest BCUT2D eigenvalue weighted by Crippen LogP contribution is -1.97. The first-order chi connectivity index (χ1) is 21.9. The molecule has 0 heteroatoms. The second-order valence-corrected chi connectivity index (χ2v) is 14.3. The molecule has 2 aromatic rings. The fourth-order valence-electron chi connectivity index (χ4n) is 7.27. The van der Waals surface area contributed by atoms with Gasteiger partial charge in [-0.2, -0.15) is 0 Å². The molecule has 0 saturated carbocycles. The Labute approximate surface area is 277 Å². The first kappa shape index (κ1) is 38.9. The monoisotopic (exact) mass is 605 g/mol. The third kappa shape index (κ3) is 20.0. The summed E-state index contributed by atoms with van der Waals surface area (Å²) in [6.45, 7) is 4.62. The number of fused-ring (bicyclic) bond motifs is 1. The topological polar surface area (TPSA) is 0 Å². The molecule has 252 valence electrons. The SMILES string of the molecule is CCCCCCCCCCCCCCCCCc1ccc2ccccc2c1CCCCCCCCCCCCCCCCC. The third-order valence-electron chi connectivity index (χ3n) is 10.2. The van der Waals surface area contributed by atoms with Crippen molar-refractivity contribution in [2.75, 3.05) is 0 Å². The molecule has 0 aliphatic heterocycles. The van der Waals surface area contributed by atoms with E-state index in [2.05, 4.69) is 50.2 Å². The predicted molar refractivity (Wildman–Crippen MR) is 201 cm³/mol. The highest BCUT2D eigenvalue weighted by Gasteiger charge is 2.08. The molecule has 0 atom stereocenters. The fraction of sp³-hybridized carbons (Fsp3) is 0.773. The van der Waals surface area contributed by atoms with Gasteiger partial charge in [0.2, 0.25) is 0 Å². The standard InChI is InChI=1S/C44H76/c1-3-5-7-9-11-13-15-17-19-21-23-25-27-29-31-35-41-39-40-42-36-33-34-38-44(42)43(41)37-32-30-28-26-24-22-20-18-16-14-12-10-8-6-4-2/h33-34,36,38-40H,3-32,35,37H2,1-2H3.